The summed E-state index contributed by atoms with van der Waals surface area (Å²) >= 11 is 5.95. The highest BCUT2D eigenvalue weighted by molar-refractivity contribution is 6.30. The van der Waals surface area contributed by atoms with Crippen molar-refractivity contribution < 1.29 is 0 Å². The molecule has 2 aliphatic heterocycles. The zero-order valence-electron chi connectivity index (χ0n) is 13.4. The van der Waals surface area contributed by atoms with Crippen molar-refractivity contribution in [3.05, 3.63) is 64.5 Å². The average molecular weight is 344 g/mol. The molecule has 1 aromatic rings. The van der Waals surface area contributed by atoms with Gasteiger partial charge in [-0.2, -0.15) is 0 Å². The molecule has 1 aromatic carbocycles. The number of piperidine rings is 1. The summed E-state index contributed by atoms with van der Waals surface area (Å²) in [7, 11) is 0. The lowest BCUT2D eigenvalue weighted by Crippen LogP contribution is -2.34. The molecule has 1 unspecified atom stereocenters. The molecule has 0 amide bonds. The fourth-order valence-corrected chi connectivity index (χ4v) is 3.00. The van der Waals surface area contributed by atoms with Gasteiger partial charge in [-0.05, 0) is 43.2 Å². The molecule has 24 heavy (non-hydrogen) atoms. The summed E-state index contributed by atoms with van der Waals surface area (Å²) in [6, 6.07) is 7.66. The highest BCUT2D eigenvalue weighted by Gasteiger charge is 2.18. The van der Waals surface area contributed by atoms with E-state index in [9.17, 15) is 0 Å². The van der Waals surface area contributed by atoms with E-state index >= 15 is 0 Å². The first-order valence-corrected chi connectivity index (χ1v) is 8.46. The van der Waals surface area contributed by atoms with Crippen molar-refractivity contribution >= 4 is 23.1 Å². The van der Waals surface area contributed by atoms with Crippen molar-refractivity contribution in [2.45, 2.75) is 18.9 Å². The summed E-state index contributed by atoms with van der Waals surface area (Å²) < 4.78 is 0. The number of amidine groups is 1. The number of nitrogens with one attached hydrogen (secondary N) is 2. The number of hydrogen-bond donors (Lipinski definition) is 4. The van der Waals surface area contributed by atoms with Crippen LogP contribution in [0.25, 0.3) is 5.70 Å². The molecular formula is C18H22ClN5. The first-order valence-electron chi connectivity index (χ1n) is 8.08. The van der Waals surface area contributed by atoms with Gasteiger partial charge in [0.2, 0.25) is 0 Å². The van der Waals surface area contributed by atoms with Crippen LogP contribution in [0.15, 0.2) is 58.9 Å². The van der Waals surface area contributed by atoms with Crippen LogP contribution in [0.4, 0.5) is 0 Å². The first-order chi connectivity index (χ1) is 11.6. The summed E-state index contributed by atoms with van der Waals surface area (Å²) in [5.74, 6) is 0.507. The van der Waals surface area contributed by atoms with Gasteiger partial charge in [-0.15, -0.1) is 0 Å². The Kier molecular flexibility index (Phi) is 5.23. The SMILES string of the molecule is NC(=NC1CCCNC1)C1=CNC=C/C1=C(/N)c1ccc(Cl)cc1. The van der Waals surface area contributed by atoms with Crippen LogP contribution in [0.1, 0.15) is 18.4 Å². The van der Waals surface area contributed by atoms with Crippen molar-refractivity contribution in [1.29, 1.82) is 0 Å². The molecule has 0 saturated carbocycles. The predicted molar refractivity (Wildman–Crippen MR) is 100 cm³/mol. The number of aliphatic imine (C=N–C) groups is 1. The summed E-state index contributed by atoms with van der Waals surface area (Å²) in [4.78, 5) is 4.68. The van der Waals surface area contributed by atoms with Crippen LogP contribution >= 0.6 is 11.6 Å². The molecule has 2 aliphatic rings. The number of rotatable bonds is 3. The van der Waals surface area contributed by atoms with Gasteiger partial charge >= 0.3 is 0 Å². The van der Waals surface area contributed by atoms with E-state index in [0.29, 0.717) is 16.6 Å². The number of hydrogen-bond acceptors (Lipinski definition) is 4. The molecule has 1 atom stereocenters. The largest absolute Gasteiger partial charge is 0.398 e. The lowest BCUT2D eigenvalue weighted by molar-refractivity contribution is 0.461. The molecule has 0 aromatic heterocycles. The minimum Gasteiger partial charge on any atom is -0.398 e. The molecule has 0 aliphatic carbocycles. The summed E-state index contributed by atoms with van der Waals surface area (Å²) in [5.41, 5.74) is 15.9. The van der Waals surface area contributed by atoms with Gasteiger partial charge in [-0.1, -0.05) is 23.7 Å². The van der Waals surface area contributed by atoms with Crippen LogP contribution in [0.2, 0.25) is 5.02 Å². The second-order valence-corrected chi connectivity index (χ2v) is 6.34. The Labute approximate surface area is 147 Å². The van der Waals surface area contributed by atoms with Crippen molar-refractivity contribution in [2.75, 3.05) is 13.1 Å². The maximum Gasteiger partial charge on any atom is 0.128 e. The van der Waals surface area contributed by atoms with Gasteiger partial charge < -0.3 is 22.1 Å². The predicted octanol–water partition coefficient (Wildman–Crippen LogP) is 2.12. The third-order valence-electron chi connectivity index (χ3n) is 4.18. The minimum atomic E-state index is 0.212. The van der Waals surface area contributed by atoms with Crippen molar-refractivity contribution in [1.82, 2.24) is 10.6 Å². The third kappa shape index (κ3) is 3.80. The van der Waals surface area contributed by atoms with Crippen LogP contribution in [0, 0.1) is 0 Å². The molecule has 1 fully saturated rings. The number of allylic oxidation sites excluding steroid dienone is 1. The van der Waals surface area contributed by atoms with E-state index in [2.05, 4.69) is 15.6 Å². The molecule has 0 spiro atoms. The Morgan fingerprint density at radius 1 is 1.21 bits per heavy atom. The normalized spacial score (nSPS) is 23.5. The van der Waals surface area contributed by atoms with Crippen molar-refractivity contribution in [3.8, 4) is 0 Å². The van der Waals surface area contributed by atoms with E-state index in [1.807, 2.05) is 42.7 Å². The van der Waals surface area contributed by atoms with E-state index in [1.165, 1.54) is 0 Å². The van der Waals surface area contributed by atoms with Crippen molar-refractivity contribution in [2.24, 2.45) is 16.5 Å². The molecule has 0 radical (unpaired) electrons. The van der Waals surface area contributed by atoms with Crippen molar-refractivity contribution in [3.63, 3.8) is 0 Å². The summed E-state index contributed by atoms with van der Waals surface area (Å²) in [6.07, 6.45) is 7.76. The average Bonchev–Trinajstić information content (AvgIpc) is 2.62. The van der Waals surface area contributed by atoms with Gasteiger partial charge in [-0.3, -0.25) is 4.99 Å². The lowest BCUT2D eigenvalue weighted by Gasteiger charge is -2.21. The monoisotopic (exact) mass is 343 g/mol. The highest BCUT2D eigenvalue weighted by atomic mass is 35.5. The van der Waals surface area contributed by atoms with Gasteiger partial charge in [0.25, 0.3) is 0 Å². The molecule has 0 bridgehead atoms. The Bertz CT molecular complexity index is 709. The fraction of sp³-hybridized carbons (Fsp3) is 0.278. The van der Waals surface area contributed by atoms with Gasteiger partial charge in [0.15, 0.2) is 0 Å². The second-order valence-electron chi connectivity index (χ2n) is 5.91. The van der Waals surface area contributed by atoms with Gasteiger partial charge in [0.05, 0.1) is 6.04 Å². The summed E-state index contributed by atoms with van der Waals surface area (Å²) in [6.45, 7) is 1.91. The molecule has 2 heterocycles. The maximum atomic E-state index is 6.37. The topological polar surface area (TPSA) is 88.5 Å². The number of nitrogens with two attached hydrogens (primary N) is 2. The first kappa shape index (κ1) is 16.6. The Morgan fingerprint density at radius 2 is 2.00 bits per heavy atom. The fourth-order valence-electron chi connectivity index (χ4n) is 2.87. The van der Waals surface area contributed by atoms with E-state index in [4.69, 9.17) is 23.1 Å². The van der Waals surface area contributed by atoms with Gasteiger partial charge in [0, 0.05) is 40.8 Å². The standard InChI is InChI=1S/C18H22ClN5/c19-13-5-3-12(4-6-13)17(20)15-7-9-23-11-16(15)18(21)24-14-2-1-8-22-10-14/h3-7,9,11,14,22-23H,1-2,8,10,20H2,(H2,21,24)/b17-15-. The number of benzene rings is 1. The number of halogens is 1. The number of nitrogens with zero attached hydrogens (tertiary/aromatic N) is 1. The molecule has 1 saturated heterocycles. The van der Waals surface area contributed by atoms with Crippen LogP contribution in [0.3, 0.4) is 0 Å². The zero-order chi connectivity index (χ0) is 16.9. The van der Waals surface area contributed by atoms with E-state index in [0.717, 1.165) is 42.6 Å². The third-order valence-corrected chi connectivity index (χ3v) is 4.43. The Hall–Kier alpha value is -2.24. The Morgan fingerprint density at radius 3 is 2.71 bits per heavy atom. The second kappa shape index (κ2) is 7.55. The smallest absolute Gasteiger partial charge is 0.128 e. The molecule has 126 valence electrons. The molecule has 3 rings (SSSR count). The van der Waals surface area contributed by atoms with E-state index < -0.39 is 0 Å². The van der Waals surface area contributed by atoms with E-state index in [1.54, 1.807) is 0 Å². The zero-order valence-corrected chi connectivity index (χ0v) is 14.2. The van der Waals surface area contributed by atoms with Crippen LogP contribution in [0.5, 0.6) is 0 Å². The molecule has 6 heteroatoms. The van der Waals surface area contributed by atoms with Crippen LogP contribution in [-0.4, -0.2) is 25.0 Å². The molecule has 5 nitrogen and oxygen atoms in total. The minimum absolute atomic E-state index is 0.212. The lowest BCUT2D eigenvalue weighted by atomic mass is 9.98. The highest BCUT2D eigenvalue weighted by Crippen LogP contribution is 2.24. The van der Waals surface area contributed by atoms with E-state index in [-0.39, 0.29) is 6.04 Å². The van der Waals surface area contributed by atoms with Crippen LogP contribution in [-0.2, 0) is 0 Å². The van der Waals surface area contributed by atoms with Gasteiger partial charge in [0.1, 0.15) is 5.84 Å². The Balaban J connectivity index is 1.90. The van der Waals surface area contributed by atoms with Gasteiger partial charge in [-0.25, -0.2) is 0 Å². The van der Waals surface area contributed by atoms with Crippen LogP contribution < -0.4 is 22.1 Å². The number of dihydropyridines is 1. The molecular weight excluding hydrogens is 322 g/mol. The summed E-state index contributed by atoms with van der Waals surface area (Å²) in [5, 5.41) is 7.10. The maximum absolute atomic E-state index is 6.37. The quantitative estimate of drug-likeness (QED) is 0.500. The molecule has 6 N–H and O–H groups in total.